The van der Waals surface area contributed by atoms with Crippen molar-refractivity contribution < 1.29 is 18.0 Å². The van der Waals surface area contributed by atoms with Crippen LogP contribution in [-0.4, -0.2) is 44.9 Å². The van der Waals surface area contributed by atoms with Crippen LogP contribution in [0.25, 0.3) is 5.69 Å². The molecule has 0 bridgehead atoms. The van der Waals surface area contributed by atoms with Gasteiger partial charge in [-0.3, -0.25) is 4.79 Å². The van der Waals surface area contributed by atoms with Gasteiger partial charge in [-0.1, -0.05) is 17.3 Å². The van der Waals surface area contributed by atoms with Crippen molar-refractivity contribution in [1.82, 2.24) is 19.9 Å². The smallest absolute Gasteiger partial charge is 0.336 e. The van der Waals surface area contributed by atoms with E-state index in [1.807, 2.05) is 0 Å². The van der Waals surface area contributed by atoms with E-state index in [0.29, 0.717) is 19.5 Å². The van der Waals surface area contributed by atoms with E-state index in [0.717, 1.165) is 10.7 Å². The van der Waals surface area contributed by atoms with Crippen LogP contribution in [0.3, 0.4) is 0 Å². The van der Waals surface area contributed by atoms with Gasteiger partial charge in [-0.25, -0.2) is 4.68 Å². The number of nitrogens with zero attached hydrogens (tertiary/aromatic N) is 4. The van der Waals surface area contributed by atoms with E-state index in [2.05, 4.69) is 10.3 Å². The van der Waals surface area contributed by atoms with Crippen LogP contribution in [0.15, 0.2) is 30.5 Å². The normalized spacial score (nSPS) is 17.7. The molecule has 1 aromatic heterocycles. The molecule has 1 aliphatic rings. The largest absolute Gasteiger partial charge is 0.418 e. The first-order valence-corrected chi connectivity index (χ1v) is 7.00. The second kappa shape index (κ2) is 6.78. The molecule has 1 aliphatic heterocycles. The van der Waals surface area contributed by atoms with E-state index in [1.54, 1.807) is 0 Å². The first-order chi connectivity index (χ1) is 10.9. The van der Waals surface area contributed by atoms with Crippen molar-refractivity contribution in [3.05, 3.63) is 41.7 Å². The van der Waals surface area contributed by atoms with Crippen LogP contribution in [0.5, 0.6) is 0 Å². The van der Waals surface area contributed by atoms with Crippen LogP contribution in [0, 0.1) is 0 Å². The Kier molecular flexibility index (Phi) is 5.14. The zero-order chi connectivity index (χ0) is 16.6. The summed E-state index contributed by atoms with van der Waals surface area (Å²) in [6, 6.07) is 4.91. The zero-order valence-electron chi connectivity index (χ0n) is 12.4. The van der Waals surface area contributed by atoms with Crippen LogP contribution in [0.4, 0.5) is 13.2 Å². The van der Waals surface area contributed by atoms with Crippen LogP contribution in [0.1, 0.15) is 22.5 Å². The minimum Gasteiger partial charge on any atom is -0.336 e. The number of hydrogen-bond donors (Lipinski definition) is 1. The van der Waals surface area contributed by atoms with Gasteiger partial charge in [-0.15, -0.1) is 17.5 Å². The predicted molar refractivity (Wildman–Crippen MR) is 82.1 cm³/mol. The van der Waals surface area contributed by atoms with Gasteiger partial charge < -0.3 is 10.6 Å². The number of rotatable bonds is 2. The van der Waals surface area contributed by atoms with Crippen molar-refractivity contribution >= 4 is 18.3 Å². The molecule has 0 unspecified atom stereocenters. The van der Waals surface area contributed by atoms with Gasteiger partial charge in [0.1, 0.15) is 0 Å². The minimum absolute atomic E-state index is 0. The lowest BCUT2D eigenvalue weighted by Crippen LogP contribution is -2.32. The third-order valence-electron chi connectivity index (χ3n) is 3.68. The average molecular weight is 362 g/mol. The number of halogens is 4. The van der Waals surface area contributed by atoms with Gasteiger partial charge in [-0.05, 0) is 18.6 Å². The first kappa shape index (κ1) is 18.2. The molecular formula is C14H15ClF3N5O. The number of likely N-dealkylation sites (tertiary alicyclic amines) is 1. The SMILES string of the molecule is Cl.N[C@@H]1CCN(C(=O)c2cn(-c3ccccc3C(F)(F)F)nn2)C1. The van der Waals surface area contributed by atoms with Crippen LogP contribution < -0.4 is 5.73 Å². The van der Waals surface area contributed by atoms with E-state index >= 15 is 0 Å². The Balaban J connectivity index is 0.00000208. The molecule has 130 valence electrons. The van der Waals surface area contributed by atoms with E-state index in [4.69, 9.17) is 5.73 Å². The van der Waals surface area contributed by atoms with Crippen molar-refractivity contribution in [2.24, 2.45) is 5.73 Å². The molecule has 3 rings (SSSR count). The molecular weight excluding hydrogens is 347 g/mol. The highest BCUT2D eigenvalue weighted by Crippen LogP contribution is 2.33. The van der Waals surface area contributed by atoms with Crippen molar-refractivity contribution in [2.45, 2.75) is 18.6 Å². The molecule has 2 aromatic rings. The molecule has 1 amide bonds. The molecule has 0 spiro atoms. The number of amides is 1. The Morgan fingerprint density at radius 3 is 2.62 bits per heavy atom. The Labute approximate surface area is 141 Å². The molecule has 10 heteroatoms. The molecule has 0 aliphatic carbocycles. The van der Waals surface area contributed by atoms with Gasteiger partial charge in [-0.2, -0.15) is 13.2 Å². The molecule has 0 saturated carbocycles. The van der Waals surface area contributed by atoms with Gasteiger partial charge in [0.25, 0.3) is 5.91 Å². The molecule has 2 heterocycles. The van der Waals surface area contributed by atoms with Gasteiger partial charge in [0.15, 0.2) is 5.69 Å². The quantitative estimate of drug-likeness (QED) is 0.886. The molecule has 1 atom stereocenters. The maximum absolute atomic E-state index is 13.0. The highest BCUT2D eigenvalue weighted by Gasteiger charge is 2.34. The lowest BCUT2D eigenvalue weighted by molar-refractivity contribution is -0.137. The summed E-state index contributed by atoms with van der Waals surface area (Å²) in [4.78, 5) is 13.8. The van der Waals surface area contributed by atoms with E-state index in [-0.39, 0.29) is 35.7 Å². The van der Waals surface area contributed by atoms with Crippen molar-refractivity contribution in [3.63, 3.8) is 0 Å². The number of alkyl halides is 3. The summed E-state index contributed by atoms with van der Waals surface area (Å²) < 4.78 is 40.1. The fourth-order valence-corrected chi connectivity index (χ4v) is 2.53. The zero-order valence-corrected chi connectivity index (χ0v) is 13.2. The third kappa shape index (κ3) is 3.51. The highest BCUT2D eigenvalue weighted by molar-refractivity contribution is 5.92. The second-order valence-corrected chi connectivity index (χ2v) is 5.36. The number of carbonyl (C=O) groups is 1. The average Bonchev–Trinajstić information content (AvgIpc) is 3.14. The third-order valence-corrected chi connectivity index (χ3v) is 3.68. The van der Waals surface area contributed by atoms with E-state index in [1.165, 1.54) is 29.3 Å². The van der Waals surface area contributed by atoms with E-state index < -0.39 is 11.7 Å². The summed E-state index contributed by atoms with van der Waals surface area (Å²) in [5.41, 5.74) is 4.72. The summed E-state index contributed by atoms with van der Waals surface area (Å²) in [5, 5.41) is 7.36. The number of aromatic nitrogens is 3. The monoisotopic (exact) mass is 361 g/mol. The van der Waals surface area contributed by atoms with Gasteiger partial charge in [0.05, 0.1) is 17.4 Å². The molecule has 24 heavy (non-hydrogen) atoms. The maximum atomic E-state index is 13.0. The maximum Gasteiger partial charge on any atom is 0.418 e. The summed E-state index contributed by atoms with van der Waals surface area (Å²) in [6.45, 7) is 0.914. The Morgan fingerprint density at radius 1 is 1.29 bits per heavy atom. The first-order valence-electron chi connectivity index (χ1n) is 7.00. The van der Waals surface area contributed by atoms with Gasteiger partial charge in [0, 0.05) is 19.1 Å². The summed E-state index contributed by atoms with van der Waals surface area (Å²) in [5.74, 6) is -0.381. The lowest BCUT2D eigenvalue weighted by Gasteiger charge is -2.13. The fourth-order valence-electron chi connectivity index (χ4n) is 2.53. The molecule has 1 fully saturated rings. The topological polar surface area (TPSA) is 77.0 Å². The number of benzene rings is 1. The van der Waals surface area contributed by atoms with E-state index in [9.17, 15) is 18.0 Å². The number of carbonyl (C=O) groups excluding carboxylic acids is 1. The highest BCUT2D eigenvalue weighted by atomic mass is 35.5. The van der Waals surface area contributed by atoms with Gasteiger partial charge in [0.2, 0.25) is 0 Å². The second-order valence-electron chi connectivity index (χ2n) is 5.36. The number of para-hydroxylation sites is 1. The lowest BCUT2D eigenvalue weighted by atomic mass is 10.1. The van der Waals surface area contributed by atoms with Gasteiger partial charge >= 0.3 is 6.18 Å². The van der Waals surface area contributed by atoms with Crippen LogP contribution in [-0.2, 0) is 6.18 Å². The minimum atomic E-state index is -4.52. The van der Waals surface area contributed by atoms with Crippen LogP contribution >= 0.6 is 12.4 Å². The molecule has 6 nitrogen and oxygen atoms in total. The summed E-state index contributed by atoms with van der Waals surface area (Å²) in [6.07, 6.45) is -2.62. The fraction of sp³-hybridized carbons (Fsp3) is 0.357. The number of hydrogen-bond acceptors (Lipinski definition) is 4. The molecule has 2 N–H and O–H groups in total. The van der Waals surface area contributed by atoms with Crippen molar-refractivity contribution in [3.8, 4) is 5.69 Å². The Hall–Kier alpha value is -2.13. The summed E-state index contributed by atoms with van der Waals surface area (Å²) in [7, 11) is 0. The Bertz CT molecular complexity index is 733. The van der Waals surface area contributed by atoms with Crippen molar-refractivity contribution in [1.29, 1.82) is 0 Å². The molecule has 1 aromatic carbocycles. The predicted octanol–water partition coefficient (Wildman–Crippen LogP) is 1.88. The standard InChI is InChI=1S/C14H14F3N5O.ClH/c15-14(16,17)10-3-1-2-4-12(10)22-8-11(19-20-22)13(23)21-6-5-9(18)7-21;/h1-4,8-9H,5-7,18H2;1H/t9-;/m1./s1. The number of nitrogens with two attached hydrogens (primary N) is 1. The van der Waals surface area contributed by atoms with Crippen molar-refractivity contribution in [2.75, 3.05) is 13.1 Å². The Morgan fingerprint density at radius 2 is 2.00 bits per heavy atom. The van der Waals surface area contributed by atoms with Crippen LogP contribution in [0.2, 0.25) is 0 Å². The summed E-state index contributed by atoms with van der Waals surface area (Å²) >= 11 is 0. The molecule has 0 radical (unpaired) electrons. The molecule has 1 saturated heterocycles.